The van der Waals surface area contributed by atoms with Crippen molar-refractivity contribution in [1.82, 2.24) is 5.32 Å². The molecule has 0 aromatic heterocycles. The normalized spacial score (nSPS) is 12.5. The van der Waals surface area contributed by atoms with Crippen LogP contribution in [0.15, 0.2) is 34.8 Å². The summed E-state index contributed by atoms with van der Waals surface area (Å²) in [6.45, 7) is 2.04. The Bertz CT molecular complexity index is 637. The van der Waals surface area contributed by atoms with Gasteiger partial charge in [-0.15, -0.1) is 0 Å². The van der Waals surface area contributed by atoms with Crippen LogP contribution in [0.1, 0.15) is 24.1 Å². The molecule has 0 amide bonds. The van der Waals surface area contributed by atoms with Crippen molar-refractivity contribution in [2.75, 3.05) is 6.54 Å². The van der Waals surface area contributed by atoms with Gasteiger partial charge in [0.25, 0.3) is 0 Å². The van der Waals surface area contributed by atoms with E-state index in [2.05, 4.69) is 21.2 Å². The minimum Gasteiger partial charge on any atom is -0.306 e. The van der Waals surface area contributed by atoms with Crippen molar-refractivity contribution in [2.45, 2.75) is 13.0 Å². The fraction of sp³-hybridized carbons (Fsp3) is 0.200. The van der Waals surface area contributed by atoms with Crippen LogP contribution < -0.4 is 5.32 Å². The molecule has 0 radical (unpaired) electrons. The summed E-state index contributed by atoms with van der Waals surface area (Å²) in [7, 11) is 0. The van der Waals surface area contributed by atoms with Gasteiger partial charge in [0.2, 0.25) is 0 Å². The molecule has 1 atom stereocenters. The molecule has 0 heterocycles. The molecule has 112 valence electrons. The molecule has 1 nitrogen and oxygen atoms in total. The fourth-order valence-electron chi connectivity index (χ4n) is 2.14. The van der Waals surface area contributed by atoms with E-state index in [-0.39, 0.29) is 15.6 Å². The van der Waals surface area contributed by atoms with Crippen molar-refractivity contribution in [2.24, 2.45) is 0 Å². The summed E-state index contributed by atoms with van der Waals surface area (Å²) in [4.78, 5) is 0. The number of nitrogens with one attached hydrogen (secondary N) is 1. The molecule has 0 aliphatic carbocycles. The van der Waals surface area contributed by atoms with E-state index in [1.165, 1.54) is 0 Å². The Balaban J connectivity index is 2.61. The lowest BCUT2D eigenvalue weighted by molar-refractivity contribution is 0.490. The molecule has 2 aromatic carbocycles. The zero-order chi connectivity index (χ0) is 15.6. The second-order valence-electron chi connectivity index (χ2n) is 4.44. The molecular formula is C15H12BrF4N. The predicted molar refractivity (Wildman–Crippen MR) is 75.9 cm³/mol. The second-order valence-corrected chi connectivity index (χ2v) is 5.36. The lowest BCUT2D eigenvalue weighted by atomic mass is 9.97. The molecule has 2 aromatic rings. The van der Waals surface area contributed by atoms with E-state index in [1.807, 2.05) is 0 Å². The van der Waals surface area contributed by atoms with Gasteiger partial charge in [0.15, 0.2) is 0 Å². The first-order valence-corrected chi connectivity index (χ1v) is 7.06. The average Bonchev–Trinajstić information content (AvgIpc) is 2.39. The topological polar surface area (TPSA) is 12.0 Å². The highest BCUT2D eigenvalue weighted by Crippen LogP contribution is 2.31. The third-order valence-corrected chi connectivity index (χ3v) is 3.47. The zero-order valence-corrected chi connectivity index (χ0v) is 12.6. The van der Waals surface area contributed by atoms with E-state index in [4.69, 9.17) is 0 Å². The van der Waals surface area contributed by atoms with Crippen LogP contribution in [-0.2, 0) is 0 Å². The molecule has 0 aliphatic rings. The average molecular weight is 362 g/mol. The Morgan fingerprint density at radius 1 is 1.00 bits per heavy atom. The van der Waals surface area contributed by atoms with Gasteiger partial charge in [-0.05, 0) is 36.9 Å². The first-order chi connectivity index (χ1) is 9.93. The molecule has 21 heavy (non-hydrogen) atoms. The number of rotatable bonds is 4. The van der Waals surface area contributed by atoms with Gasteiger partial charge in [-0.2, -0.15) is 0 Å². The maximum absolute atomic E-state index is 14.1. The van der Waals surface area contributed by atoms with E-state index in [0.717, 1.165) is 30.3 Å². The largest absolute Gasteiger partial charge is 0.306 e. The summed E-state index contributed by atoms with van der Waals surface area (Å²) >= 11 is 2.98. The number of hydrogen-bond donors (Lipinski definition) is 1. The number of halogens is 5. The minimum absolute atomic E-state index is 0.142. The lowest BCUT2D eigenvalue weighted by Crippen LogP contribution is -2.25. The zero-order valence-electron chi connectivity index (χ0n) is 11.1. The van der Waals surface area contributed by atoms with Crippen molar-refractivity contribution >= 4 is 15.9 Å². The molecule has 0 saturated carbocycles. The fourth-order valence-corrected chi connectivity index (χ4v) is 2.54. The summed E-state index contributed by atoms with van der Waals surface area (Å²) in [5, 5.41) is 2.78. The van der Waals surface area contributed by atoms with Crippen molar-refractivity contribution in [3.63, 3.8) is 0 Å². The highest BCUT2D eigenvalue weighted by molar-refractivity contribution is 9.10. The van der Waals surface area contributed by atoms with Crippen LogP contribution in [0, 0.1) is 23.3 Å². The van der Waals surface area contributed by atoms with Crippen LogP contribution in [0.2, 0.25) is 0 Å². The third-order valence-electron chi connectivity index (χ3n) is 3.01. The van der Waals surface area contributed by atoms with Crippen molar-refractivity contribution in [3.05, 3.63) is 69.2 Å². The van der Waals surface area contributed by atoms with Gasteiger partial charge in [-0.1, -0.05) is 22.9 Å². The molecule has 0 saturated heterocycles. The Morgan fingerprint density at radius 3 is 2.19 bits per heavy atom. The molecule has 0 aliphatic heterocycles. The first kappa shape index (κ1) is 16.0. The molecule has 6 heteroatoms. The molecule has 0 bridgehead atoms. The van der Waals surface area contributed by atoms with E-state index in [0.29, 0.717) is 6.54 Å². The van der Waals surface area contributed by atoms with Crippen LogP contribution in [-0.4, -0.2) is 6.54 Å². The van der Waals surface area contributed by atoms with Gasteiger partial charge >= 0.3 is 0 Å². The summed E-state index contributed by atoms with van der Waals surface area (Å²) in [5.74, 6) is -3.08. The SMILES string of the molecule is CCNC(c1cc(F)ccc1F)c1c(F)cc(Br)cc1F. The van der Waals surface area contributed by atoms with Crippen molar-refractivity contribution in [1.29, 1.82) is 0 Å². The summed E-state index contributed by atoms with van der Waals surface area (Å²) < 4.78 is 55.6. The Labute approximate surface area is 128 Å². The Morgan fingerprint density at radius 2 is 1.62 bits per heavy atom. The minimum atomic E-state index is -1.11. The quantitative estimate of drug-likeness (QED) is 0.778. The van der Waals surface area contributed by atoms with Crippen LogP contribution in [0.3, 0.4) is 0 Å². The van der Waals surface area contributed by atoms with E-state index in [9.17, 15) is 17.6 Å². The van der Waals surface area contributed by atoms with Gasteiger partial charge in [0.05, 0.1) is 6.04 Å². The highest BCUT2D eigenvalue weighted by Gasteiger charge is 2.24. The van der Waals surface area contributed by atoms with E-state index >= 15 is 0 Å². The molecule has 1 unspecified atom stereocenters. The number of benzene rings is 2. The monoisotopic (exact) mass is 361 g/mol. The molecular weight excluding hydrogens is 350 g/mol. The molecule has 2 rings (SSSR count). The maximum atomic E-state index is 14.1. The highest BCUT2D eigenvalue weighted by atomic mass is 79.9. The molecule has 1 N–H and O–H groups in total. The van der Waals surface area contributed by atoms with Gasteiger partial charge in [-0.3, -0.25) is 0 Å². The van der Waals surface area contributed by atoms with Crippen molar-refractivity contribution < 1.29 is 17.6 Å². The van der Waals surface area contributed by atoms with Crippen LogP contribution >= 0.6 is 15.9 Å². The van der Waals surface area contributed by atoms with Gasteiger partial charge < -0.3 is 5.32 Å². The van der Waals surface area contributed by atoms with Gasteiger partial charge in [0.1, 0.15) is 23.3 Å². The molecule has 0 fully saturated rings. The second kappa shape index (κ2) is 6.58. The predicted octanol–water partition coefficient (Wildman–Crippen LogP) is 4.70. The number of hydrogen-bond acceptors (Lipinski definition) is 1. The summed E-state index contributed by atoms with van der Waals surface area (Å²) in [6, 6.07) is 3.88. The third kappa shape index (κ3) is 3.44. The van der Waals surface area contributed by atoms with Crippen LogP contribution in [0.25, 0.3) is 0 Å². The maximum Gasteiger partial charge on any atom is 0.132 e. The summed E-state index contributed by atoms with van der Waals surface area (Å²) in [5.41, 5.74) is -0.485. The van der Waals surface area contributed by atoms with Crippen LogP contribution in [0.4, 0.5) is 17.6 Å². The standard InChI is InChI=1S/C15H12BrF4N/c1-2-21-15(10-7-9(17)3-4-11(10)18)14-12(19)5-8(16)6-13(14)20/h3-7,15,21H,2H2,1H3. The smallest absolute Gasteiger partial charge is 0.132 e. The first-order valence-electron chi connectivity index (χ1n) is 6.26. The Kier molecular flexibility index (Phi) is 5.00. The lowest BCUT2D eigenvalue weighted by Gasteiger charge is -2.21. The summed E-state index contributed by atoms with van der Waals surface area (Å²) in [6.07, 6.45) is 0. The van der Waals surface area contributed by atoms with Crippen molar-refractivity contribution in [3.8, 4) is 0 Å². The van der Waals surface area contributed by atoms with Gasteiger partial charge in [-0.25, -0.2) is 17.6 Å². The van der Waals surface area contributed by atoms with Gasteiger partial charge in [0, 0.05) is 15.6 Å². The van der Waals surface area contributed by atoms with E-state index in [1.54, 1.807) is 6.92 Å². The van der Waals surface area contributed by atoms with E-state index < -0.39 is 29.3 Å². The molecule has 0 spiro atoms. The Hall–Kier alpha value is -1.40. The van der Waals surface area contributed by atoms with Crippen LogP contribution in [0.5, 0.6) is 0 Å².